The Kier molecular flexibility index (Phi) is 6.88. The van der Waals surface area contributed by atoms with Gasteiger partial charge >= 0.3 is 0 Å². The van der Waals surface area contributed by atoms with Crippen LogP contribution in [0.25, 0.3) is 11.4 Å². The Hall–Kier alpha value is -3.55. The molecule has 1 unspecified atom stereocenters. The average molecular weight is 476 g/mol. The number of amides is 2. The lowest BCUT2D eigenvalue weighted by atomic mass is 9.96. The lowest BCUT2D eigenvalue weighted by Gasteiger charge is -2.32. The smallest absolute Gasteiger partial charge is 0.229 e. The predicted molar refractivity (Wildman–Crippen MR) is 131 cm³/mol. The molecule has 1 aromatic heterocycles. The van der Waals surface area contributed by atoms with Gasteiger partial charge in [0.25, 0.3) is 0 Å². The second-order valence-corrected chi connectivity index (χ2v) is 9.45. The third kappa shape index (κ3) is 5.42. The summed E-state index contributed by atoms with van der Waals surface area (Å²) in [4.78, 5) is 27.6. The van der Waals surface area contributed by atoms with Crippen LogP contribution in [0, 0.1) is 11.7 Å². The summed E-state index contributed by atoms with van der Waals surface area (Å²) in [6.45, 7) is 1.94. The molecule has 0 aliphatic carbocycles. The van der Waals surface area contributed by atoms with Crippen LogP contribution in [0.5, 0.6) is 0 Å². The number of likely N-dealkylation sites (tertiary alicyclic amines) is 1. The van der Waals surface area contributed by atoms with Gasteiger partial charge in [-0.05, 0) is 55.5 Å². The molecule has 35 heavy (non-hydrogen) atoms. The van der Waals surface area contributed by atoms with Gasteiger partial charge in [-0.1, -0.05) is 30.7 Å². The molecular weight excluding hydrogens is 445 g/mol. The quantitative estimate of drug-likeness (QED) is 0.599. The van der Waals surface area contributed by atoms with Crippen molar-refractivity contribution in [3.8, 4) is 11.4 Å². The molecule has 5 rings (SSSR count). The molecule has 2 amide bonds. The fraction of sp³-hybridized carbons (Fsp3) is 0.407. The van der Waals surface area contributed by atoms with Crippen LogP contribution in [0.4, 0.5) is 10.1 Å². The minimum absolute atomic E-state index is 0.0383. The number of aromatic nitrogens is 3. The van der Waals surface area contributed by atoms with E-state index in [1.54, 1.807) is 17.0 Å². The molecule has 1 saturated heterocycles. The van der Waals surface area contributed by atoms with Gasteiger partial charge in [0.1, 0.15) is 11.6 Å². The minimum Gasteiger partial charge on any atom is -0.342 e. The van der Waals surface area contributed by atoms with E-state index in [-0.39, 0.29) is 30.0 Å². The fourth-order valence-corrected chi connectivity index (χ4v) is 4.99. The topological polar surface area (TPSA) is 80.1 Å². The van der Waals surface area contributed by atoms with Crippen molar-refractivity contribution in [3.63, 3.8) is 0 Å². The molecular formula is C27H30FN5O2. The molecule has 1 atom stereocenters. The molecule has 3 heterocycles. The monoisotopic (exact) mass is 475 g/mol. The van der Waals surface area contributed by atoms with E-state index in [0.717, 1.165) is 61.4 Å². The van der Waals surface area contributed by atoms with Gasteiger partial charge in [-0.2, -0.15) is 0 Å². The fourth-order valence-electron chi connectivity index (χ4n) is 4.99. The molecule has 0 saturated carbocycles. The van der Waals surface area contributed by atoms with Crippen LogP contribution in [0.2, 0.25) is 0 Å². The first-order chi connectivity index (χ1) is 17.1. The number of piperidine rings is 1. The average Bonchev–Trinajstić information content (AvgIpc) is 3.13. The summed E-state index contributed by atoms with van der Waals surface area (Å²) in [5.74, 6) is 1.16. The number of carbonyl (C=O) groups excluding carboxylic acids is 2. The van der Waals surface area contributed by atoms with Crippen molar-refractivity contribution < 1.29 is 14.0 Å². The summed E-state index contributed by atoms with van der Waals surface area (Å²) in [6, 6.07) is 13.7. The molecule has 2 aliphatic heterocycles. The van der Waals surface area contributed by atoms with Crippen LogP contribution in [0.15, 0.2) is 48.5 Å². The van der Waals surface area contributed by atoms with E-state index >= 15 is 0 Å². The van der Waals surface area contributed by atoms with Gasteiger partial charge in [0.2, 0.25) is 11.8 Å². The number of nitrogens with one attached hydrogen (secondary N) is 1. The number of hydrogen-bond acceptors (Lipinski definition) is 4. The Balaban J connectivity index is 1.23. The van der Waals surface area contributed by atoms with Gasteiger partial charge in [-0.25, -0.2) is 4.39 Å². The van der Waals surface area contributed by atoms with Crippen LogP contribution in [0.1, 0.15) is 43.5 Å². The molecule has 182 valence electrons. The Bertz CT molecular complexity index is 1210. The zero-order valence-corrected chi connectivity index (χ0v) is 19.8. The predicted octanol–water partition coefficient (Wildman–Crippen LogP) is 4.23. The molecule has 0 radical (unpaired) electrons. The first-order valence-corrected chi connectivity index (χ1v) is 12.4. The first-order valence-electron chi connectivity index (χ1n) is 12.4. The number of nitrogens with zero attached hydrogens (tertiary/aromatic N) is 4. The molecule has 0 bridgehead atoms. The van der Waals surface area contributed by atoms with Crippen LogP contribution in [-0.4, -0.2) is 44.6 Å². The minimum atomic E-state index is -0.320. The third-order valence-electron chi connectivity index (χ3n) is 6.91. The molecule has 1 N–H and O–H groups in total. The van der Waals surface area contributed by atoms with Crippen molar-refractivity contribution in [2.45, 2.75) is 51.5 Å². The van der Waals surface area contributed by atoms with Crippen LogP contribution in [-0.2, 0) is 29.0 Å². The highest BCUT2D eigenvalue weighted by atomic mass is 19.1. The zero-order valence-electron chi connectivity index (χ0n) is 19.8. The van der Waals surface area contributed by atoms with E-state index in [1.165, 1.54) is 18.6 Å². The summed E-state index contributed by atoms with van der Waals surface area (Å²) < 4.78 is 15.3. The van der Waals surface area contributed by atoms with E-state index in [2.05, 4.69) is 20.1 Å². The summed E-state index contributed by atoms with van der Waals surface area (Å²) in [6.07, 6.45) is 6.12. The Morgan fingerprint density at radius 2 is 1.86 bits per heavy atom. The Morgan fingerprint density at radius 1 is 1.00 bits per heavy atom. The summed E-state index contributed by atoms with van der Waals surface area (Å²) in [7, 11) is 0. The molecule has 0 spiro atoms. The number of rotatable bonds is 5. The lowest BCUT2D eigenvalue weighted by Crippen LogP contribution is -2.44. The van der Waals surface area contributed by atoms with Crippen LogP contribution in [0.3, 0.4) is 0 Å². The number of hydrogen-bond donors (Lipinski definition) is 1. The highest BCUT2D eigenvalue weighted by molar-refractivity contribution is 5.93. The van der Waals surface area contributed by atoms with E-state index in [0.29, 0.717) is 18.8 Å². The number of benzene rings is 2. The van der Waals surface area contributed by atoms with E-state index in [1.807, 2.05) is 24.3 Å². The van der Waals surface area contributed by atoms with E-state index in [9.17, 15) is 14.0 Å². The van der Waals surface area contributed by atoms with Gasteiger partial charge in [0.15, 0.2) is 5.82 Å². The molecule has 2 aromatic carbocycles. The van der Waals surface area contributed by atoms with Crippen molar-refractivity contribution in [1.29, 1.82) is 0 Å². The summed E-state index contributed by atoms with van der Waals surface area (Å²) in [5.41, 5.74) is 2.42. The van der Waals surface area contributed by atoms with E-state index < -0.39 is 0 Å². The first kappa shape index (κ1) is 23.2. The lowest BCUT2D eigenvalue weighted by molar-refractivity contribution is -0.133. The van der Waals surface area contributed by atoms with Crippen molar-refractivity contribution in [1.82, 2.24) is 19.7 Å². The van der Waals surface area contributed by atoms with E-state index in [4.69, 9.17) is 0 Å². The maximum Gasteiger partial charge on any atom is 0.229 e. The Labute approximate surface area is 204 Å². The number of anilines is 1. The van der Waals surface area contributed by atoms with Crippen molar-refractivity contribution in [2.24, 2.45) is 5.92 Å². The van der Waals surface area contributed by atoms with Gasteiger partial charge in [-0.3, -0.25) is 9.59 Å². The molecule has 3 aromatic rings. The molecule has 8 heteroatoms. The van der Waals surface area contributed by atoms with Gasteiger partial charge in [0, 0.05) is 37.3 Å². The normalized spacial score (nSPS) is 18.0. The zero-order chi connectivity index (χ0) is 24.2. The molecule has 1 fully saturated rings. The second kappa shape index (κ2) is 10.4. The largest absolute Gasteiger partial charge is 0.342 e. The standard InChI is InChI=1S/C27H30FN5O2/c28-22-12-10-19(11-13-22)16-25(34)32-14-5-7-21(18-32)27(35)29-23-8-4-6-20(17-23)26-31-30-24-9-2-1-3-15-33(24)26/h4,6,8,10-13,17,21H,1-3,5,7,9,14-16,18H2,(H,29,35). The van der Waals surface area contributed by atoms with Gasteiger partial charge in [-0.15, -0.1) is 10.2 Å². The van der Waals surface area contributed by atoms with Crippen molar-refractivity contribution >= 4 is 17.5 Å². The van der Waals surface area contributed by atoms with Crippen LogP contribution >= 0.6 is 0 Å². The number of carbonyl (C=O) groups is 2. The van der Waals surface area contributed by atoms with Crippen molar-refractivity contribution in [3.05, 3.63) is 65.7 Å². The van der Waals surface area contributed by atoms with Gasteiger partial charge < -0.3 is 14.8 Å². The highest BCUT2D eigenvalue weighted by Gasteiger charge is 2.28. The Morgan fingerprint density at radius 3 is 2.71 bits per heavy atom. The number of halogens is 1. The molecule has 2 aliphatic rings. The SMILES string of the molecule is O=C(Nc1cccc(-c2nnc3n2CCCCC3)c1)C1CCCN(C(=O)Cc2ccc(F)cc2)C1. The van der Waals surface area contributed by atoms with Crippen LogP contribution < -0.4 is 5.32 Å². The summed E-state index contributed by atoms with van der Waals surface area (Å²) in [5, 5.41) is 11.9. The maximum absolute atomic E-state index is 13.1. The number of fused-ring (bicyclic) bond motifs is 1. The molecule has 7 nitrogen and oxygen atoms in total. The number of aryl methyl sites for hydroxylation is 1. The summed E-state index contributed by atoms with van der Waals surface area (Å²) >= 11 is 0. The highest BCUT2D eigenvalue weighted by Crippen LogP contribution is 2.26. The maximum atomic E-state index is 13.1. The third-order valence-corrected chi connectivity index (χ3v) is 6.91. The van der Waals surface area contributed by atoms with Gasteiger partial charge in [0.05, 0.1) is 12.3 Å². The van der Waals surface area contributed by atoms with Crippen molar-refractivity contribution in [2.75, 3.05) is 18.4 Å². The second-order valence-electron chi connectivity index (χ2n) is 9.45.